The molecule has 2 heterocycles. The molecule has 1 N–H and O–H groups in total. The summed E-state index contributed by atoms with van der Waals surface area (Å²) in [4.78, 5) is 33.6. The Morgan fingerprint density at radius 1 is 1.23 bits per heavy atom. The second kappa shape index (κ2) is 10.6. The van der Waals surface area contributed by atoms with Crippen LogP contribution in [0.15, 0.2) is 30.7 Å². The smallest absolute Gasteiger partial charge is 0.228 e. The molecule has 1 aromatic carbocycles. The quantitative estimate of drug-likeness (QED) is 0.462. The normalized spacial score (nSPS) is 18.2. The first-order valence-electron chi connectivity index (χ1n) is 12.2. The molecule has 0 aliphatic heterocycles. The topological polar surface area (TPSA) is 86.1 Å². The third-order valence-corrected chi connectivity index (χ3v) is 6.83. The third kappa shape index (κ3) is 5.59. The lowest BCUT2D eigenvalue weighted by Gasteiger charge is -2.28. The SMILES string of the molecule is COCC(=O)C[C@@H]1CCC[C@H](C(=O)Nc2cc(-c3cc(F)c4ncn(C(C)C)c4c3)c(C)cn2)C1. The fourth-order valence-corrected chi connectivity index (χ4v) is 5.05. The number of pyridine rings is 1. The predicted molar refractivity (Wildman–Crippen MR) is 134 cm³/mol. The summed E-state index contributed by atoms with van der Waals surface area (Å²) in [6.07, 6.45) is 7.15. The van der Waals surface area contributed by atoms with Gasteiger partial charge >= 0.3 is 0 Å². The van der Waals surface area contributed by atoms with Gasteiger partial charge < -0.3 is 14.6 Å². The number of imidazole rings is 1. The van der Waals surface area contributed by atoms with Gasteiger partial charge in [-0.1, -0.05) is 6.42 Å². The van der Waals surface area contributed by atoms with Crippen LogP contribution in [0.5, 0.6) is 0 Å². The Hall–Kier alpha value is -3.13. The Bertz CT molecular complexity index is 1240. The number of fused-ring (bicyclic) bond motifs is 1. The maximum Gasteiger partial charge on any atom is 0.228 e. The molecule has 2 atom stereocenters. The van der Waals surface area contributed by atoms with Crippen molar-refractivity contribution >= 4 is 28.5 Å². The van der Waals surface area contributed by atoms with Crippen LogP contribution in [0.1, 0.15) is 57.6 Å². The standard InChI is InChI=1S/C27H33FN4O3/c1-16(2)32-15-30-26-23(28)10-20(11-24(26)32)22-12-25(29-13-17(22)3)31-27(34)19-7-5-6-18(8-19)9-21(33)14-35-4/h10-13,15-16,18-19H,5-9,14H2,1-4H3,(H,29,31,34)/t18-,19+/m1/s1. The van der Waals surface area contributed by atoms with Gasteiger partial charge in [0, 0.05) is 31.7 Å². The van der Waals surface area contributed by atoms with Gasteiger partial charge in [0.05, 0.1) is 11.8 Å². The Labute approximate surface area is 205 Å². The van der Waals surface area contributed by atoms with Crippen molar-refractivity contribution in [3.63, 3.8) is 0 Å². The minimum absolute atomic E-state index is 0.0754. The van der Waals surface area contributed by atoms with Crippen molar-refractivity contribution in [1.29, 1.82) is 0 Å². The molecule has 4 rings (SSSR count). The molecule has 1 saturated carbocycles. The number of methoxy groups -OCH3 is 1. The van der Waals surface area contributed by atoms with Gasteiger partial charge in [0.15, 0.2) is 11.6 Å². The van der Waals surface area contributed by atoms with Gasteiger partial charge in [-0.15, -0.1) is 0 Å². The average molecular weight is 481 g/mol. The molecular weight excluding hydrogens is 447 g/mol. The summed E-state index contributed by atoms with van der Waals surface area (Å²) in [5.41, 5.74) is 3.47. The van der Waals surface area contributed by atoms with E-state index in [4.69, 9.17) is 4.74 Å². The van der Waals surface area contributed by atoms with E-state index in [1.54, 1.807) is 18.6 Å². The molecule has 35 heavy (non-hydrogen) atoms. The van der Waals surface area contributed by atoms with Crippen molar-refractivity contribution in [1.82, 2.24) is 14.5 Å². The minimum Gasteiger partial charge on any atom is -0.377 e. The summed E-state index contributed by atoms with van der Waals surface area (Å²) in [5.74, 6) is 0.0807. The zero-order chi connectivity index (χ0) is 25.1. The molecular formula is C27H33FN4O3. The van der Waals surface area contributed by atoms with Gasteiger partial charge in [0.1, 0.15) is 17.9 Å². The first-order chi connectivity index (χ1) is 16.8. The predicted octanol–water partition coefficient (Wildman–Crippen LogP) is 5.48. The number of nitrogens with one attached hydrogen (secondary N) is 1. The number of ether oxygens (including phenoxy) is 1. The van der Waals surface area contributed by atoms with Crippen molar-refractivity contribution < 1.29 is 18.7 Å². The largest absolute Gasteiger partial charge is 0.377 e. The highest BCUT2D eigenvalue weighted by atomic mass is 19.1. The molecule has 7 nitrogen and oxygen atoms in total. The number of hydrogen-bond acceptors (Lipinski definition) is 5. The maximum atomic E-state index is 14.9. The number of aryl methyl sites for hydroxylation is 1. The summed E-state index contributed by atoms with van der Waals surface area (Å²) < 4.78 is 21.8. The molecule has 1 aliphatic rings. The molecule has 2 aromatic heterocycles. The second-order valence-corrected chi connectivity index (χ2v) is 9.85. The lowest BCUT2D eigenvalue weighted by molar-refractivity contribution is -0.125. The number of nitrogens with zero attached hydrogens (tertiary/aromatic N) is 3. The van der Waals surface area contributed by atoms with Crippen LogP contribution < -0.4 is 5.32 Å². The number of ketones is 1. The van der Waals surface area contributed by atoms with Gasteiger partial charge in [-0.05, 0) is 80.8 Å². The van der Waals surface area contributed by atoms with E-state index >= 15 is 0 Å². The van der Waals surface area contributed by atoms with Crippen molar-refractivity contribution in [3.05, 3.63) is 42.1 Å². The number of carbonyl (C=O) groups is 2. The van der Waals surface area contributed by atoms with Gasteiger partial charge in [-0.3, -0.25) is 9.59 Å². The third-order valence-electron chi connectivity index (χ3n) is 6.83. The molecule has 8 heteroatoms. The van der Waals surface area contributed by atoms with Crippen LogP contribution in [-0.2, 0) is 14.3 Å². The fraction of sp³-hybridized carbons (Fsp3) is 0.481. The van der Waals surface area contributed by atoms with Crippen LogP contribution in [0.3, 0.4) is 0 Å². The van der Waals surface area contributed by atoms with Crippen LogP contribution in [0.25, 0.3) is 22.2 Å². The number of carbonyl (C=O) groups excluding carboxylic acids is 2. The molecule has 0 saturated heterocycles. The highest BCUT2D eigenvalue weighted by molar-refractivity contribution is 5.93. The molecule has 0 unspecified atom stereocenters. The molecule has 1 fully saturated rings. The van der Waals surface area contributed by atoms with Gasteiger partial charge in [0.2, 0.25) is 5.91 Å². The van der Waals surface area contributed by atoms with Crippen molar-refractivity contribution in [2.24, 2.45) is 11.8 Å². The first-order valence-corrected chi connectivity index (χ1v) is 12.2. The zero-order valence-corrected chi connectivity index (χ0v) is 20.8. The number of halogens is 1. The van der Waals surface area contributed by atoms with Gasteiger partial charge in [-0.2, -0.15) is 0 Å². The van der Waals surface area contributed by atoms with Crippen LogP contribution in [0.2, 0.25) is 0 Å². The van der Waals surface area contributed by atoms with E-state index in [1.807, 2.05) is 31.4 Å². The number of rotatable bonds is 8. The summed E-state index contributed by atoms with van der Waals surface area (Å²) >= 11 is 0. The zero-order valence-electron chi connectivity index (χ0n) is 20.8. The van der Waals surface area contributed by atoms with Crippen LogP contribution in [-0.4, -0.2) is 39.9 Å². The summed E-state index contributed by atoms with van der Waals surface area (Å²) in [6.45, 7) is 6.09. The number of anilines is 1. The van der Waals surface area contributed by atoms with E-state index in [0.29, 0.717) is 29.7 Å². The molecule has 1 aliphatic carbocycles. The number of Topliss-reactive ketones (excluding diaryl/α,β-unsaturated/α-hetero) is 1. The molecule has 186 valence electrons. The number of hydrogen-bond donors (Lipinski definition) is 1. The van der Waals surface area contributed by atoms with Crippen LogP contribution in [0.4, 0.5) is 10.2 Å². The second-order valence-electron chi connectivity index (χ2n) is 9.85. The van der Waals surface area contributed by atoms with E-state index < -0.39 is 0 Å². The Kier molecular flexibility index (Phi) is 7.60. The number of aromatic nitrogens is 3. The van der Waals surface area contributed by atoms with Crippen molar-refractivity contribution in [2.45, 2.75) is 58.9 Å². The maximum absolute atomic E-state index is 14.9. The van der Waals surface area contributed by atoms with Crippen molar-refractivity contribution in [3.8, 4) is 11.1 Å². The van der Waals surface area contributed by atoms with Gasteiger partial charge in [-0.25, -0.2) is 14.4 Å². The molecule has 0 radical (unpaired) electrons. The Morgan fingerprint density at radius 2 is 2.03 bits per heavy atom. The summed E-state index contributed by atoms with van der Waals surface area (Å²) in [5, 5.41) is 2.95. The molecule has 0 bridgehead atoms. The van der Waals surface area contributed by atoms with E-state index in [2.05, 4.69) is 15.3 Å². The van der Waals surface area contributed by atoms with Crippen LogP contribution >= 0.6 is 0 Å². The van der Waals surface area contributed by atoms with Crippen molar-refractivity contribution in [2.75, 3.05) is 19.0 Å². The fourth-order valence-electron chi connectivity index (χ4n) is 5.05. The summed E-state index contributed by atoms with van der Waals surface area (Å²) in [6, 6.07) is 5.36. The van der Waals surface area contributed by atoms with E-state index in [1.165, 1.54) is 13.2 Å². The van der Waals surface area contributed by atoms with Crippen LogP contribution in [0, 0.1) is 24.6 Å². The number of amides is 1. The van der Waals surface area contributed by atoms with E-state index in [9.17, 15) is 14.0 Å². The summed E-state index contributed by atoms with van der Waals surface area (Å²) in [7, 11) is 1.52. The first kappa shape index (κ1) is 25.0. The minimum atomic E-state index is -0.380. The highest BCUT2D eigenvalue weighted by Crippen LogP contribution is 2.33. The van der Waals surface area contributed by atoms with Gasteiger partial charge in [0.25, 0.3) is 0 Å². The van der Waals surface area contributed by atoms with E-state index in [-0.39, 0.29) is 42.0 Å². The average Bonchev–Trinajstić information content (AvgIpc) is 3.25. The number of benzene rings is 1. The lowest BCUT2D eigenvalue weighted by atomic mass is 9.79. The lowest BCUT2D eigenvalue weighted by Crippen LogP contribution is -2.29. The highest BCUT2D eigenvalue weighted by Gasteiger charge is 2.29. The monoisotopic (exact) mass is 480 g/mol. The Morgan fingerprint density at radius 3 is 2.77 bits per heavy atom. The Balaban J connectivity index is 1.53. The van der Waals surface area contributed by atoms with E-state index in [0.717, 1.165) is 35.9 Å². The molecule has 0 spiro atoms. The molecule has 3 aromatic rings. The molecule has 1 amide bonds.